The predicted molar refractivity (Wildman–Crippen MR) is 333 cm³/mol. The number of carbonyl (C=O) groups excluding carboxylic acids is 2. The van der Waals surface area contributed by atoms with Crippen LogP contribution in [0.3, 0.4) is 0 Å². The lowest BCUT2D eigenvalue weighted by molar-refractivity contribution is 0.0395. The molecule has 0 spiro atoms. The van der Waals surface area contributed by atoms with Gasteiger partial charge in [-0.15, -0.1) is 0 Å². The summed E-state index contributed by atoms with van der Waals surface area (Å²) in [5, 5.41) is 23.1. The average Bonchev–Trinajstić information content (AvgIpc) is 3.50. The van der Waals surface area contributed by atoms with Gasteiger partial charge in [0.05, 0.1) is 47.0 Å². The molecule has 0 aliphatic carbocycles. The molecule has 6 aromatic rings. The SMILES string of the molecule is CCCCCCCCc1ccc(N=Cc2ccc(C(=O)O)cc2)cc1.CCCCCCCCc1ccc(N=Cc2ccc(C(=O)OCCCOC(=O)c3ccc(C=Nc4ccc(CCCCCCCC)cc4)cc3)cc2)cc1.OCO. The van der Waals surface area contributed by atoms with E-state index in [9.17, 15) is 14.4 Å². The second-order valence-corrected chi connectivity index (χ2v) is 20.3. The third kappa shape index (κ3) is 29.1. The summed E-state index contributed by atoms with van der Waals surface area (Å²) < 4.78 is 10.8. The largest absolute Gasteiger partial charge is 0.478 e. The number of unbranched alkanes of at least 4 members (excludes halogenated alkanes) is 15. The Hall–Kier alpha value is -7.34. The van der Waals surface area contributed by atoms with Gasteiger partial charge in [0.2, 0.25) is 0 Å². The molecule has 0 aromatic heterocycles. The minimum atomic E-state index is -0.913. The summed E-state index contributed by atoms with van der Waals surface area (Å²) in [6, 6.07) is 46.2. The smallest absolute Gasteiger partial charge is 0.338 e. The Kier molecular flexibility index (Phi) is 34.0. The van der Waals surface area contributed by atoms with Gasteiger partial charge >= 0.3 is 17.9 Å². The number of esters is 2. The Balaban J connectivity index is 0.000000418. The maximum atomic E-state index is 12.5. The van der Waals surface area contributed by atoms with E-state index in [0.717, 1.165) is 53.0 Å². The Morgan fingerprint density at radius 3 is 0.889 bits per heavy atom. The molecule has 0 unspecified atom stereocenters. The fourth-order valence-electron chi connectivity index (χ4n) is 8.70. The highest BCUT2D eigenvalue weighted by Gasteiger charge is 2.10. The number of hydrogen-bond acceptors (Lipinski definition) is 10. The summed E-state index contributed by atoms with van der Waals surface area (Å²) in [5.41, 5.74) is 10.7. The number of aliphatic hydroxyl groups is 2. The first-order chi connectivity index (χ1) is 39.6. The molecule has 0 radical (unpaired) electrons. The second-order valence-electron chi connectivity index (χ2n) is 20.3. The molecule has 6 aromatic carbocycles. The van der Waals surface area contributed by atoms with Crippen molar-refractivity contribution in [2.45, 2.75) is 162 Å². The van der Waals surface area contributed by atoms with Gasteiger partial charge in [-0.3, -0.25) is 15.0 Å². The number of rotatable bonds is 34. The van der Waals surface area contributed by atoms with Gasteiger partial charge < -0.3 is 24.8 Å². The van der Waals surface area contributed by atoms with Gasteiger partial charge in [0.1, 0.15) is 6.79 Å². The van der Waals surface area contributed by atoms with Crippen molar-refractivity contribution in [1.82, 2.24) is 0 Å². The van der Waals surface area contributed by atoms with Crippen LogP contribution in [0.15, 0.2) is 161 Å². The monoisotopic (exact) mass is 1100 g/mol. The Morgan fingerprint density at radius 1 is 0.358 bits per heavy atom. The number of aliphatic imine (C=N–C) groups is 3. The number of carboxylic acid groups (broad SMARTS) is 1. The van der Waals surface area contributed by atoms with E-state index in [2.05, 4.69) is 96.4 Å². The number of aromatic carboxylic acids is 1. The van der Waals surface area contributed by atoms with Crippen LogP contribution in [0.4, 0.5) is 17.1 Å². The van der Waals surface area contributed by atoms with Crippen LogP contribution in [0.1, 0.15) is 207 Å². The number of aryl methyl sites for hydroxylation is 3. The van der Waals surface area contributed by atoms with E-state index in [0.29, 0.717) is 17.5 Å². The normalized spacial score (nSPS) is 11.1. The van der Waals surface area contributed by atoms with Crippen molar-refractivity contribution in [1.29, 1.82) is 0 Å². The van der Waals surface area contributed by atoms with E-state index in [1.807, 2.05) is 36.4 Å². The van der Waals surface area contributed by atoms with Crippen LogP contribution in [0.5, 0.6) is 0 Å². The van der Waals surface area contributed by atoms with Crippen molar-refractivity contribution in [2.24, 2.45) is 15.0 Å². The minimum Gasteiger partial charge on any atom is -0.478 e. The summed E-state index contributed by atoms with van der Waals surface area (Å²) in [7, 11) is 0. The first-order valence-corrected chi connectivity index (χ1v) is 29.6. The number of ether oxygens (including phenoxy) is 2. The lowest BCUT2D eigenvalue weighted by Crippen LogP contribution is -2.11. The molecule has 0 amide bonds. The summed E-state index contributed by atoms with van der Waals surface area (Å²) in [6.45, 7) is 6.30. The highest BCUT2D eigenvalue weighted by molar-refractivity contribution is 5.92. The molecule has 0 aliphatic heterocycles. The first-order valence-electron chi connectivity index (χ1n) is 29.6. The van der Waals surface area contributed by atoms with Crippen LogP contribution < -0.4 is 0 Å². The van der Waals surface area contributed by atoms with E-state index in [4.69, 9.17) is 24.8 Å². The van der Waals surface area contributed by atoms with Crippen LogP contribution in [0.25, 0.3) is 0 Å². The number of hydrogen-bond donors (Lipinski definition) is 3. The lowest BCUT2D eigenvalue weighted by Gasteiger charge is -2.07. The molecular weight excluding hydrogens is 1010 g/mol. The number of aliphatic hydroxyl groups excluding tert-OH is 1. The van der Waals surface area contributed by atoms with Crippen molar-refractivity contribution < 1.29 is 39.2 Å². The first kappa shape index (κ1) is 66.2. The molecule has 0 aliphatic rings. The molecule has 81 heavy (non-hydrogen) atoms. The molecule has 0 heterocycles. The van der Waals surface area contributed by atoms with E-state index in [-0.39, 0.29) is 18.8 Å². The summed E-state index contributed by atoms with van der Waals surface area (Å²) in [4.78, 5) is 49.5. The van der Waals surface area contributed by atoms with Gasteiger partial charge in [0.15, 0.2) is 0 Å². The third-order valence-corrected chi connectivity index (χ3v) is 13.6. The zero-order valence-electron chi connectivity index (χ0n) is 48.5. The number of benzene rings is 6. The molecule has 0 atom stereocenters. The van der Waals surface area contributed by atoms with Crippen molar-refractivity contribution in [3.63, 3.8) is 0 Å². The quantitative estimate of drug-likeness (QED) is 0.0155. The van der Waals surface area contributed by atoms with E-state index in [1.165, 1.54) is 132 Å². The van der Waals surface area contributed by atoms with Crippen LogP contribution in [0, 0.1) is 0 Å². The Bertz CT molecular complexity index is 2590. The molecular formula is C70H89N3O8. The minimum absolute atomic E-state index is 0.152. The highest BCUT2D eigenvalue weighted by Crippen LogP contribution is 2.20. The maximum absolute atomic E-state index is 12.5. The zero-order valence-corrected chi connectivity index (χ0v) is 48.5. The Morgan fingerprint density at radius 2 is 0.617 bits per heavy atom. The maximum Gasteiger partial charge on any atom is 0.338 e. The van der Waals surface area contributed by atoms with Gasteiger partial charge in [-0.25, -0.2) is 14.4 Å². The van der Waals surface area contributed by atoms with Crippen LogP contribution in [-0.4, -0.2) is 71.9 Å². The van der Waals surface area contributed by atoms with Crippen LogP contribution in [-0.2, 0) is 28.7 Å². The van der Waals surface area contributed by atoms with Crippen LogP contribution in [0.2, 0.25) is 0 Å². The molecule has 11 nitrogen and oxygen atoms in total. The fraction of sp³-hybridized carbons (Fsp3) is 0.400. The lowest BCUT2D eigenvalue weighted by atomic mass is 10.0. The van der Waals surface area contributed by atoms with E-state index >= 15 is 0 Å². The number of carbonyl (C=O) groups is 3. The number of carboxylic acids is 1. The molecule has 6 rings (SSSR count). The molecule has 0 saturated carbocycles. The van der Waals surface area contributed by atoms with E-state index < -0.39 is 24.7 Å². The predicted octanol–water partition coefficient (Wildman–Crippen LogP) is 17.4. The molecule has 0 bridgehead atoms. The average molecular weight is 1100 g/mol. The Labute approximate surface area is 483 Å². The zero-order chi connectivity index (χ0) is 58.0. The highest BCUT2D eigenvalue weighted by atomic mass is 16.5. The van der Waals surface area contributed by atoms with Gasteiger partial charge in [-0.1, -0.05) is 190 Å². The summed E-state index contributed by atoms with van der Waals surface area (Å²) in [6.07, 6.45) is 32.7. The third-order valence-electron chi connectivity index (χ3n) is 13.6. The number of nitrogens with zero attached hydrogens (tertiary/aromatic N) is 3. The van der Waals surface area contributed by atoms with Gasteiger partial charge in [-0.05, 0) is 145 Å². The van der Waals surface area contributed by atoms with Crippen molar-refractivity contribution in [3.8, 4) is 0 Å². The van der Waals surface area contributed by atoms with Crippen LogP contribution >= 0.6 is 0 Å². The molecule has 11 heteroatoms. The van der Waals surface area contributed by atoms with Gasteiger partial charge in [0, 0.05) is 25.1 Å². The molecule has 0 fully saturated rings. The molecule has 0 saturated heterocycles. The molecule has 432 valence electrons. The topological polar surface area (TPSA) is 167 Å². The van der Waals surface area contributed by atoms with E-state index in [1.54, 1.807) is 67.2 Å². The van der Waals surface area contributed by atoms with Crippen molar-refractivity contribution in [3.05, 3.63) is 196 Å². The van der Waals surface area contributed by atoms with Gasteiger partial charge in [-0.2, -0.15) is 0 Å². The second kappa shape index (κ2) is 41.6. The van der Waals surface area contributed by atoms with Crippen molar-refractivity contribution in [2.75, 3.05) is 20.0 Å². The fourth-order valence-corrected chi connectivity index (χ4v) is 8.70. The standard InChI is InChI=1S/C47H58N2O4.C22H27NO2.CH4O2/c1-3-5-7-9-11-13-16-38-22-30-44(31-23-38)48-36-40-18-26-42(27-19-40)46(50)52-34-15-35-53-47(51)43-28-20-41(21-29-43)37-49-45-32-24-39(25-33-45)17-14-12-10-8-6-4-2;1-2-3-4-5-6-7-8-18-11-15-21(16-12-18)23-17-19-9-13-20(14-10-19)22(24)25;2-1-3/h18-33,36-37H,3-17,34-35H2,1-2H3;9-17H,2-8H2,1H3,(H,24,25);2-3H,1H2. The van der Waals surface area contributed by atoms with Crippen molar-refractivity contribution >= 4 is 53.6 Å². The molecule has 3 N–H and O–H groups in total. The summed E-state index contributed by atoms with van der Waals surface area (Å²) in [5.74, 6) is -1.74. The summed E-state index contributed by atoms with van der Waals surface area (Å²) >= 11 is 0. The van der Waals surface area contributed by atoms with Gasteiger partial charge in [0.25, 0.3) is 0 Å².